The van der Waals surface area contributed by atoms with Gasteiger partial charge in [-0.15, -0.1) is 11.6 Å². The number of hydrogen-bond acceptors (Lipinski definition) is 3. The van der Waals surface area contributed by atoms with Gasteiger partial charge in [-0.1, -0.05) is 0 Å². The minimum Gasteiger partial charge on any atom is -0.352 e. The van der Waals surface area contributed by atoms with Crippen molar-refractivity contribution in [1.82, 2.24) is 5.32 Å². The molecule has 0 aromatic carbocycles. The summed E-state index contributed by atoms with van der Waals surface area (Å²) in [6, 6.07) is 0.0254. The lowest BCUT2D eigenvalue weighted by Crippen LogP contribution is -2.41. The molecule has 1 amide bonds. The molecular weight excluding hydrogens is 250 g/mol. The Bertz CT molecular complexity index is 382. The van der Waals surface area contributed by atoms with Gasteiger partial charge >= 0.3 is 0 Å². The first-order valence-corrected chi connectivity index (χ1v) is 7.88. The average molecular weight is 266 g/mol. The van der Waals surface area contributed by atoms with Crippen molar-refractivity contribution in [2.45, 2.75) is 37.1 Å². The van der Waals surface area contributed by atoms with Crippen LogP contribution in [0.15, 0.2) is 0 Å². The Hall–Kier alpha value is -0.290. The molecule has 1 aliphatic heterocycles. The molecule has 6 heteroatoms. The van der Waals surface area contributed by atoms with Crippen molar-refractivity contribution in [3.8, 4) is 0 Å². The molecule has 1 aliphatic carbocycles. The van der Waals surface area contributed by atoms with Gasteiger partial charge in [0, 0.05) is 6.04 Å². The number of rotatable bonds is 2. The second-order valence-electron chi connectivity index (χ2n) is 4.66. The summed E-state index contributed by atoms with van der Waals surface area (Å²) >= 11 is 6.05. The van der Waals surface area contributed by atoms with Gasteiger partial charge in [0.15, 0.2) is 9.84 Å². The number of amides is 1. The maximum Gasteiger partial charge on any atom is 0.224 e. The largest absolute Gasteiger partial charge is 0.352 e. The Labute approximate surface area is 101 Å². The zero-order valence-corrected chi connectivity index (χ0v) is 10.6. The molecule has 0 bridgehead atoms. The van der Waals surface area contributed by atoms with Crippen molar-refractivity contribution in [3.63, 3.8) is 0 Å². The van der Waals surface area contributed by atoms with Gasteiger partial charge in [-0.3, -0.25) is 4.79 Å². The minimum absolute atomic E-state index is 0.00148. The molecule has 3 unspecified atom stereocenters. The van der Waals surface area contributed by atoms with Crippen molar-refractivity contribution in [2.75, 3.05) is 11.5 Å². The normalized spacial score (nSPS) is 37.4. The highest BCUT2D eigenvalue weighted by Crippen LogP contribution is 2.25. The quantitative estimate of drug-likeness (QED) is 0.748. The van der Waals surface area contributed by atoms with Crippen molar-refractivity contribution >= 4 is 27.3 Å². The van der Waals surface area contributed by atoms with E-state index in [4.69, 9.17) is 11.6 Å². The van der Waals surface area contributed by atoms with Crippen LogP contribution in [0.1, 0.15) is 25.7 Å². The minimum atomic E-state index is -2.98. The van der Waals surface area contributed by atoms with E-state index < -0.39 is 9.84 Å². The van der Waals surface area contributed by atoms with E-state index in [1.807, 2.05) is 0 Å². The standard InChI is InChI=1S/C10H16ClNO3S/c11-8-2-1-3-9(8)12-10(13)7-4-5-16(14,15)6-7/h7-9H,1-6H2,(H,12,13). The summed E-state index contributed by atoms with van der Waals surface area (Å²) in [7, 11) is -2.98. The first kappa shape index (κ1) is 12.2. The predicted molar refractivity (Wildman–Crippen MR) is 62.2 cm³/mol. The summed E-state index contributed by atoms with van der Waals surface area (Å²) in [5, 5.41) is 2.87. The fraction of sp³-hybridized carbons (Fsp3) is 0.900. The summed E-state index contributed by atoms with van der Waals surface area (Å²) < 4.78 is 22.5. The highest BCUT2D eigenvalue weighted by atomic mass is 35.5. The molecule has 92 valence electrons. The Balaban J connectivity index is 1.89. The van der Waals surface area contributed by atoms with Crippen LogP contribution in [-0.2, 0) is 14.6 Å². The molecule has 4 nitrogen and oxygen atoms in total. The molecule has 0 aromatic heterocycles. The highest BCUT2D eigenvalue weighted by Gasteiger charge is 2.35. The lowest BCUT2D eigenvalue weighted by molar-refractivity contribution is -0.124. The van der Waals surface area contributed by atoms with Crippen molar-refractivity contribution in [3.05, 3.63) is 0 Å². The Morgan fingerprint density at radius 2 is 2.00 bits per heavy atom. The van der Waals surface area contributed by atoms with E-state index in [9.17, 15) is 13.2 Å². The third-order valence-electron chi connectivity index (χ3n) is 3.36. The second kappa shape index (κ2) is 4.53. The summed E-state index contributed by atoms with van der Waals surface area (Å²) in [5.74, 6) is -0.369. The van der Waals surface area contributed by atoms with Crippen LogP contribution < -0.4 is 5.32 Å². The number of hydrogen-bond donors (Lipinski definition) is 1. The molecule has 0 spiro atoms. The molecule has 16 heavy (non-hydrogen) atoms. The SMILES string of the molecule is O=C(NC1CCCC1Cl)C1CCS(=O)(=O)C1. The summed E-state index contributed by atoms with van der Waals surface area (Å²) in [5.41, 5.74) is 0. The number of sulfone groups is 1. The molecule has 2 rings (SSSR count). The fourth-order valence-electron chi connectivity index (χ4n) is 2.38. The molecule has 0 radical (unpaired) electrons. The summed E-state index contributed by atoms with van der Waals surface area (Å²) in [6.07, 6.45) is 3.31. The lowest BCUT2D eigenvalue weighted by atomic mass is 10.1. The maximum absolute atomic E-state index is 11.8. The summed E-state index contributed by atoms with van der Waals surface area (Å²) in [6.45, 7) is 0. The van der Waals surface area contributed by atoms with Crippen molar-refractivity contribution in [2.24, 2.45) is 5.92 Å². The third kappa shape index (κ3) is 2.69. The highest BCUT2D eigenvalue weighted by molar-refractivity contribution is 7.91. The van der Waals surface area contributed by atoms with Gasteiger partial charge in [-0.05, 0) is 25.7 Å². The van der Waals surface area contributed by atoms with Crippen molar-refractivity contribution in [1.29, 1.82) is 0 Å². The Morgan fingerprint density at radius 3 is 2.50 bits per heavy atom. The molecule has 0 aromatic rings. The van der Waals surface area contributed by atoms with E-state index in [1.165, 1.54) is 0 Å². The van der Waals surface area contributed by atoms with E-state index in [-0.39, 0.29) is 34.7 Å². The van der Waals surface area contributed by atoms with Gasteiger partial charge < -0.3 is 5.32 Å². The van der Waals surface area contributed by atoms with Gasteiger partial charge in [-0.2, -0.15) is 0 Å². The van der Waals surface area contributed by atoms with Crippen molar-refractivity contribution < 1.29 is 13.2 Å². The molecular formula is C10H16ClNO3S. The lowest BCUT2D eigenvalue weighted by Gasteiger charge is -2.18. The third-order valence-corrected chi connectivity index (χ3v) is 5.65. The molecule has 1 saturated heterocycles. The molecule has 1 saturated carbocycles. The smallest absolute Gasteiger partial charge is 0.224 e. The zero-order chi connectivity index (χ0) is 11.8. The van der Waals surface area contributed by atoms with Crippen LogP contribution in [0.4, 0.5) is 0 Å². The molecule has 3 atom stereocenters. The van der Waals surface area contributed by atoms with E-state index >= 15 is 0 Å². The first-order valence-electron chi connectivity index (χ1n) is 5.63. The second-order valence-corrected chi connectivity index (χ2v) is 7.45. The van der Waals surface area contributed by atoms with Gasteiger partial charge in [0.05, 0.1) is 22.8 Å². The van der Waals surface area contributed by atoms with E-state index in [0.717, 1.165) is 19.3 Å². The van der Waals surface area contributed by atoms with E-state index in [0.29, 0.717) is 6.42 Å². The van der Waals surface area contributed by atoms with Crippen LogP contribution in [-0.4, -0.2) is 37.2 Å². The van der Waals surface area contributed by atoms with Gasteiger partial charge in [0.2, 0.25) is 5.91 Å². The number of nitrogens with one attached hydrogen (secondary N) is 1. The van der Waals surface area contributed by atoms with Crippen LogP contribution >= 0.6 is 11.6 Å². The summed E-state index contributed by atoms with van der Waals surface area (Å²) in [4.78, 5) is 11.8. The maximum atomic E-state index is 11.8. The number of carbonyl (C=O) groups is 1. The molecule has 2 aliphatic rings. The van der Waals surface area contributed by atoms with Crippen LogP contribution in [0.2, 0.25) is 0 Å². The van der Waals surface area contributed by atoms with Gasteiger partial charge in [-0.25, -0.2) is 8.42 Å². The molecule has 2 fully saturated rings. The van der Waals surface area contributed by atoms with E-state index in [2.05, 4.69) is 5.32 Å². The van der Waals surface area contributed by atoms with Crippen LogP contribution in [0.3, 0.4) is 0 Å². The Kier molecular flexibility index (Phi) is 3.45. The van der Waals surface area contributed by atoms with Crippen LogP contribution in [0.25, 0.3) is 0 Å². The van der Waals surface area contributed by atoms with Gasteiger partial charge in [0.25, 0.3) is 0 Å². The topological polar surface area (TPSA) is 63.2 Å². The van der Waals surface area contributed by atoms with Gasteiger partial charge in [0.1, 0.15) is 0 Å². The Morgan fingerprint density at radius 1 is 1.25 bits per heavy atom. The number of alkyl halides is 1. The predicted octanol–water partition coefficient (Wildman–Crippen LogP) is 0.697. The fourth-order valence-corrected chi connectivity index (χ4v) is 4.46. The molecule has 1 heterocycles. The number of halogens is 1. The zero-order valence-electron chi connectivity index (χ0n) is 8.99. The van der Waals surface area contributed by atoms with Crippen LogP contribution in [0.5, 0.6) is 0 Å². The monoisotopic (exact) mass is 265 g/mol. The molecule has 1 N–H and O–H groups in total. The average Bonchev–Trinajstić information content (AvgIpc) is 2.74. The van der Waals surface area contributed by atoms with E-state index in [1.54, 1.807) is 0 Å². The first-order chi connectivity index (χ1) is 7.48. The number of carbonyl (C=O) groups excluding carboxylic acids is 1. The van der Waals surface area contributed by atoms with Crippen LogP contribution in [0, 0.1) is 5.92 Å².